The first-order valence-corrected chi connectivity index (χ1v) is 7.63. The monoisotopic (exact) mass is 315 g/mol. The number of esters is 1. The highest BCUT2D eigenvalue weighted by Crippen LogP contribution is 2.27. The summed E-state index contributed by atoms with van der Waals surface area (Å²) in [5.41, 5.74) is -0.641. The third-order valence-corrected chi connectivity index (χ3v) is 3.74. The minimum Gasteiger partial charge on any atom is -0.467 e. The van der Waals surface area contributed by atoms with Crippen molar-refractivity contribution in [2.24, 2.45) is 0 Å². The number of carbonyl (C=O) groups is 3. The van der Waals surface area contributed by atoms with E-state index in [1.807, 2.05) is 0 Å². The number of rotatable bonds is 5. The number of alkyl carbamates (subject to hydrolysis) is 1. The average Bonchev–Trinajstić information content (AvgIpc) is 2.77. The Bertz CT molecular complexity index is 453. The summed E-state index contributed by atoms with van der Waals surface area (Å²) in [7, 11) is 1.26. The molecule has 1 amide bonds. The van der Waals surface area contributed by atoms with Gasteiger partial charge in [-0.2, -0.15) is 0 Å². The molecule has 0 aliphatic heterocycles. The second-order valence-electron chi connectivity index (χ2n) is 5.61. The van der Waals surface area contributed by atoms with Crippen LogP contribution in [0.4, 0.5) is 4.79 Å². The minimum absolute atomic E-state index is 0.0900. The second kappa shape index (κ2) is 7.49. The molecule has 7 heteroatoms. The molecule has 1 atom stereocenters. The summed E-state index contributed by atoms with van der Waals surface area (Å²) < 4.78 is 9.79. The molecule has 0 saturated heterocycles. The van der Waals surface area contributed by atoms with Crippen LogP contribution in [0.15, 0.2) is 11.0 Å². The van der Waals surface area contributed by atoms with Crippen molar-refractivity contribution in [2.45, 2.75) is 45.3 Å². The number of amides is 1. The van der Waals surface area contributed by atoms with Gasteiger partial charge in [0.25, 0.3) is 0 Å². The highest BCUT2D eigenvalue weighted by atomic mass is 32.2. The molecule has 1 N–H and O–H groups in total. The summed E-state index contributed by atoms with van der Waals surface area (Å²) in [6.07, 6.45) is 2.09. The number of nitrogens with one attached hydrogen (secondary N) is 1. The molecule has 21 heavy (non-hydrogen) atoms. The molecule has 0 spiro atoms. The van der Waals surface area contributed by atoms with E-state index in [2.05, 4.69) is 10.1 Å². The number of allylic oxidation sites excluding steroid dienone is 2. The van der Waals surface area contributed by atoms with Gasteiger partial charge in [0.2, 0.25) is 0 Å². The van der Waals surface area contributed by atoms with Crippen molar-refractivity contribution in [2.75, 3.05) is 12.9 Å². The van der Waals surface area contributed by atoms with Crippen LogP contribution in [-0.4, -0.2) is 42.4 Å². The number of hydrogen-bond donors (Lipinski definition) is 1. The molecule has 0 radical (unpaired) electrons. The van der Waals surface area contributed by atoms with Gasteiger partial charge in [-0.1, -0.05) is 0 Å². The van der Waals surface area contributed by atoms with Crippen molar-refractivity contribution in [3.63, 3.8) is 0 Å². The van der Waals surface area contributed by atoms with Crippen molar-refractivity contribution in [1.82, 2.24) is 5.32 Å². The molecule has 1 aliphatic rings. The van der Waals surface area contributed by atoms with Crippen molar-refractivity contribution >= 4 is 29.6 Å². The maximum absolute atomic E-state index is 11.7. The number of methoxy groups -OCH3 is 1. The predicted molar refractivity (Wildman–Crippen MR) is 80.0 cm³/mol. The van der Waals surface area contributed by atoms with Crippen LogP contribution in [0.5, 0.6) is 0 Å². The van der Waals surface area contributed by atoms with E-state index in [0.29, 0.717) is 18.6 Å². The quantitative estimate of drug-likeness (QED) is 0.782. The van der Waals surface area contributed by atoms with Gasteiger partial charge in [-0.15, -0.1) is 11.8 Å². The number of thioether (sulfide) groups is 1. The van der Waals surface area contributed by atoms with Crippen molar-refractivity contribution in [3.05, 3.63) is 11.0 Å². The maximum Gasteiger partial charge on any atom is 0.408 e. The van der Waals surface area contributed by atoms with Crippen LogP contribution < -0.4 is 5.32 Å². The third kappa shape index (κ3) is 6.66. The lowest BCUT2D eigenvalue weighted by molar-refractivity contribution is -0.142. The SMILES string of the molecule is COC(=O)[C@H](CSC1=CC(=O)CC1)NC(=O)OC(C)(C)C. The number of ether oxygens (including phenoxy) is 2. The van der Waals surface area contributed by atoms with E-state index in [4.69, 9.17) is 4.74 Å². The summed E-state index contributed by atoms with van der Waals surface area (Å²) in [4.78, 5) is 35.5. The fourth-order valence-corrected chi connectivity index (χ4v) is 2.70. The van der Waals surface area contributed by atoms with Crippen LogP contribution in [0.2, 0.25) is 0 Å². The molecule has 0 heterocycles. The summed E-state index contributed by atoms with van der Waals surface area (Å²) in [5, 5.41) is 2.49. The summed E-state index contributed by atoms with van der Waals surface area (Å²) in [6.45, 7) is 5.22. The minimum atomic E-state index is -0.813. The molecule has 1 aliphatic carbocycles. The summed E-state index contributed by atoms with van der Waals surface area (Å²) in [6, 6.07) is -0.813. The van der Waals surface area contributed by atoms with Crippen LogP contribution in [0.3, 0.4) is 0 Å². The van der Waals surface area contributed by atoms with E-state index in [-0.39, 0.29) is 5.78 Å². The molecule has 0 saturated carbocycles. The molecule has 118 valence electrons. The number of carbonyl (C=O) groups excluding carboxylic acids is 3. The van der Waals surface area contributed by atoms with Crippen LogP contribution in [0, 0.1) is 0 Å². The van der Waals surface area contributed by atoms with E-state index in [1.54, 1.807) is 26.8 Å². The standard InChI is InChI=1S/C14H21NO5S/c1-14(2,3)20-13(18)15-11(12(17)19-4)8-21-10-6-5-9(16)7-10/h7,11H,5-6,8H2,1-4H3,(H,15,18)/t11-/m0/s1. The molecule has 0 fully saturated rings. The van der Waals surface area contributed by atoms with Crippen molar-refractivity contribution in [3.8, 4) is 0 Å². The van der Waals surface area contributed by atoms with Gasteiger partial charge in [0.05, 0.1) is 7.11 Å². The highest BCUT2D eigenvalue weighted by Gasteiger charge is 2.26. The third-order valence-electron chi connectivity index (χ3n) is 2.55. The lowest BCUT2D eigenvalue weighted by Crippen LogP contribution is -2.45. The zero-order chi connectivity index (χ0) is 16.0. The van der Waals surface area contributed by atoms with Crippen molar-refractivity contribution < 1.29 is 23.9 Å². The fourth-order valence-electron chi connectivity index (χ4n) is 1.64. The number of ketones is 1. The van der Waals surface area contributed by atoms with Gasteiger partial charge in [0.1, 0.15) is 11.6 Å². The maximum atomic E-state index is 11.7. The Morgan fingerprint density at radius 3 is 2.52 bits per heavy atom. The Hall–Kier alpha value is -1.50. The zero-order valence-electron chi connectivity index (χ0n) is 12.7. The van der Waals surface area contributed by atoms with Crippen LogP contribution in [0.1, 0.15) is 33.6 Å². The molecule has 0 aromatic rings. The van der Waals surface area contributed by atoms with Crippen molar-refractivity contribution in [1.29, 1.82) is 0 Å². The molecule has 0 aromatic carbocycles. The molecule has 1 rings (SSSR count). The first-order chi connectivity index (χ1) is 9.71. The molecule has 0 bridgehead atoms. The van der Waals surface area contributed by atoms with E-state index in [1.165, 1.54) is 18.9 Å². The average molecular weight is 315 g/mol. The Kier molecular flexibility index (Phi) is 6.26. The fraction of sp³-hybridized carbons (Fsp3) is 0.643. The predicted octanol–water partition coefficient (Wildman–Crippen LogP) is 2.03. The van der Waals surface area contributed by atoms with E-state index < -0.39 is 23.7 Å². The Balaban J connectivity index is 2.56. The Morgan fingerprint density at radius 1 is 1.38 bits per heavy atom. The van der Waals surface area contributed by atoms with Crippen LogP contribution in [0.25, 0.3) is 0 Å². The summed E-state index contributed by atoms with van der Waals surface area (Å²) >= 11 is 1.37. The number of hydrogen-bond acceptors (Lipinski definition) is 6. The van der Waals surface area contributed by atoms with Gasteiger partial charge in [0.15, 0.2) is 5.78 Å². The van der Waals surface area contributed by atoms with Crippen LogP contribution in [-0.2, 0) is 19.1 Å². The molecular formula is C14H21NO5S. The summed E-state index contributed by atoms with van der Waals surface area (Å²) in [5.74, 6) is -0.157. The van der Waals surface area contributed by atoms with Gasteiger partial charge >= 0.3 is 12.1 Å². The molecule has 0 unspecified atom stereocenters. The highest BCUT2D eigenvalue weighted by molar-refractivity contribution is 8.03. The molecular weight excluding hydrogens is 294 g/mol. The van der Waals surface area contributed by atoms with Gasteiger partial charge < -0.3 is 14.8 Å². The normalized spacial score (nSPS) is 16.2. The van der Waals surface area contributed by atoms with E-state index in [0.717, 1.165) is 4.91 Å². The molecule has 6 nitrogen and oxygen atoms in total. The van der Waals surface area contributed by atoms with Crippen LogP contribution >= 0.6 is 11.8 Å². The first-order valence-electron chi connectivity index (χ1n) is 6.65. The van der Waals surface area contributed by atoms with E-state index in [9.17, 15) is 14.4 Å². The lowest BCUT2D eigenvalue weighted by Gasteiger charge is -2.22. The zero-order valence-corrected chi connectivity index (χ0v) is 13.5. The van der Waals surface area contributed by atoms with Gasteiger partial charge in [-0.25, -0.2) is 9.59 Å². The Labute approximate surface area is 128 Å². The first kappa shape index (κ1) is 17.6. The topological polar surface area (TPSA) is 81.7 Å². The second-order valence-corrected chi connectivity index (χ2v) is 6.76. The Morgan fingerprint density at radius 2 is 2.05 bits per heavy atom. The van der Waals surface area contributed by atoms with Gasteiger partial charge in [-0.3, -0.25) is 4.79 Å². The van der Waals surface area contributed by atoms with Gasteiger partial charge in [0, 0.05) is 12.2 Å². The lowest BCUT2D eigenvalue weighted by atomic mass is 10.2. The molecule has 0 aromatic heterocycles. The smallest absolute Gasteiger partial charge is 0.408 e. The van der Waals surface area contributed by atoms with Gasteiger partial charge in [-0.05, 0) is 38.2 Å². The van der Waals surface area contributed by atoms with E-state index >= 15 is 0 Å². The largest absolute Gasteiger partial charge is 0.467 e.